The molecule has 0 spiro atoms. The van der Waals surface area contributed by atoms with Crippen molar-refractivity contribution in [2.75, 3.05) is 6.61 Å². The summed E-state index contributed by atoms with van der Waals surface area (Å²) in [6.07, 6.45) is 0.218. The van der Waals surface area contributed by atoms with Gasteiger partial charge in [0.1, 0.15) is 0 Å². The fourth-order valence-electron chi connectivity index (χ4n) is 5.10. The smallest absolute Gasteiger partial charge is 0.323 e. The van der Waals surface area contributed by atoms with E-state index in [1.165, 1.54) is 0 Å². The first-order valence-corrected chi connectivity index (χ1v) is 9.09. The maximum absolute atomic E-state index is 13.0. The van der Waals surface area contributed by atoms with E-state index in [1.54, 1.807) is 6.92 Å². The number of nitrogens with one attached hydrogen (secondary N) is 1. The molecule has 1 N–H and O–H groups in total. The van der Waals surface area contributed by atoms with Gasteiger partial charge in [-0.05, 0) is 24.5 Å². The normalized spacial score (nSPS) is 31.6. The Morgan fingerprint density at radius 3 is 2.11 bits per heavy atom. The first kappa shape index (κ1) is 17.5. The quantitative estimate of drug-likeness (QED) is 0.515. The van der Waals surface area contributed by atoms with Gasteiger partial charge in [0, 0.05) is 5.41 Å². The van der Waals surface area contributed by atoms with Crippen molar-refractivity contribution in [3.63, 3.8) is 0 Å². The van der Waals surface area contributed by atoms with Gasteiger partial charge in [0.05, 0.1) is 12.1 Å². The van der Waals surface area contributed by atoms with Gasteiger partial charge in [-0.2, -0.15) is 0 Å². The lowest BCUT2D eigenvalue weighted by Crippen LogP contribution is -2.76. The Morgan fingerprint density at radius 1 is 1.00 bits per heavy atom. The minimum Gasteiger partial charge on any atom is -0.465 e. The summed E-state index contributed by atoms with van der Waals surface area (Å²) in [6, 6.07) is 19.0. The molecule has 1 aliphatic heterocycles. The molecule has 4 rings (SSSR count). The van der Waals surface area contributed by atoms with Gasteiger partial charge in [0.2, 0.25) is 5.78 Å². The fourth-order valence-corrected chi connectivity index (χ4v) is 5.10. The Hall–Kier alpha value is -2.95. The van der Waals surface area contributed by atoms with Crippen LogP contribution >= 0.6 is 0 Å². The third-order valence-corrected chi connectivity index (χ3v) is 6.22. The summed E-state index contributed by atoms with van der Waals surface area (Å²) in [5.41, 5.74) is -1.67. The van der Waals surface area contributed by atoms with Crippen molar-refractivity contribution in [2.45, 2.75) is 31.2 Å². The number of ether oxygens (including phenoxy) is 1. The molecule has 0 bridgehead atoms. The molecule has 2 aromatic rings. The van der Waals surface area contributed by atoms with Gasteiger partial charge in [-0.3, -0.25) is 14.4 Å². The predicted octanol–water partition coefficient (Wildman–Crippen LogP) is 2.49. The van der Waals surface area contributed by atoms with Crippen LogP contribution in [0.2, 0.25) is 0 Å². The number of ketones is 1. The molecule has 2 aromatic carbocycles. The Bertz CT molecular complexity index is 926. The Balaban J connectivity index is 2.01. The number of Topliss-reactive ketones (excluding diaryl/α,β-unsaturated/α-hetero) is 1. The molecular formula is C22H21NO4. The Morgan fingerprint density at radius 2 is 1.56 bits per heavy atom. The minimum absolute atomic E-state index is 0.148. The van der Waals surface area contributed by atoms with E-state index >= 15 is 0 Å². The second kappa shape index (κ2) is 5.78. The van der Waals surface area contributed by atoms with Crippen LogP contribution in [-0.4, -0.2) is 24.3 Å². The molecule has 1 heterocycles. The number of carbonyl (C=O) groups is 3. The van der Waals surface area contributed by atoms with Crippen LogP contribution in [-0.2, 0) is 30.1 Å². The molecule has 3 unspecified atom stereocenters. The number of fused-ring (bicyclic) bond motifs is 1. The van der Waals surface area contributed by atoms with Crippen LogP contribution in [0.3, 0.4) is 0 Å². The maximum atomic E-state index is 13.0. The molecule has 1 aliphatic carbocycles. The topological polar surface area (TPSA) is 72.5 Å². The molecule has 0 aromatic heterocycles. The van der Waals surface area contributed by atoms with E-state index < -0.39 is 34.0 Å². The van der Waals surface area contributed by atoms with Gasteiger partial charge in [-0.15, -0.1) is 0 Å². The Labute approximate surface area is 157 Å². The summed E-state index contributed by atoms with van der Waals surface area (Å²) >= 11 is 0. The van der Waals surface area contributed by atoms with Crippen LogP contribution < -0.4 is 5.32 Å². The second-order valence-corrected chi connectivity index (χ2v) is 7.40. The summed E-state index contributed by atoms with van der Waals surface area (Å²) in [5, 5.41) is 2.91. The number of amides is 1. The SMILES string of the molecule is CCOC(=O)C12CC(C)(c3ccccc3)C1(c1ccccc1)NC(=O)C2=O. The van der Waals surface area contributed by atoms with Gasteiger partial charge >= 0.3 is 5.97 Å². The average Bonchev–Trinajstić information content (AvgIpc) is 2.88. The highest BCUT2D eigenvalue weighted by Gasteiger charge is 2.84. The molecule has 27 heavy (non-hydrogen) atoms. The van der Waals surface area contributed by atoms with Crippen LogP contribution in [0.5, 0.6) is 0 Å². The van der Waals surface area contributed by atoms with E-state index in [9.17, 15) is 14.4 Å². The predicted molar refractivity (Wildman–Crippen MR) is 98.7 cm³/mol. The van der Waals surface area contributed by atoms with Crippen molar-refractivity contribution in [1.29, 1.82) is 0 Å². The van der Waals surface area contributed by atoms with Gasteiger partial charge in [0.25, 0.3) is 5.91 Å². The number of hydrogen-bond acceptors (Lipinski definition) is 4. The van der Waals surface area contributed by atoms with E-state index in [1.807, 2.05) is 67.6 Å². The molecule has 1 saturated heterocycles. The minimum atomic E-state index is -1.55. The van der Waals surface area contributed by atoms with Gasteiger partial charge in [-0.1, -0.05) is 67.6 Å². The van der Waals surface area contributed by atoms with Crippen molar-refractivity contribution in [3.05, 3.63) is 71.8 Å². The molecule has 138 valence electrons. The molecule has 2 fully saturated rings. The van der Waals surface area contributed by atoms with Crippen molar-refractivity contribution in [2.24, 2.45) is 5.41 Å². The van der Waals surface area contributed by atoms with E-state index in [0.29, 0.717) is 0 Å². The van der Waals surface area contributed by atoms with Crippen LogP contribution in [0.15, 0.2) is 60.7 Å². The molecule has 2 aliphatic rings. The van der Waals surface area contributed by atoms with E-state index in [4.69, 9.17) is 4.74 Å². The largest absolute Gasteiger partial charge is 0.465 e. The van der Waals surface area contributed by atoms with Gasteiger partial charge < -0.3 is 10.1 Å². The summed E-state index contributed by atoms with van der Waals surface area (Å²) in [4.78, 5) is 38.6. The van der Waals surface area contributed by atoms with Crippen LogP contribution in [0.25, 0.3) is 0 Å². The monoisotopic (exact) mass is 363 g/mol. The van der Waals surface area contributed by atoms with Crippen LogP contribution in [0.4, 0.5) is 0 Å². The zero-order valence-corrected chi connectivity index (χ0v) is 15.3. The van der Waals surface area contributed by atoms with Gasteiger partial charge in [-0.25, -0.2) is 0 Å². The first-order valence-electron chi connectivity index (χ1n) is 9.09. The number of esters is 1. The highest BCUT2D eigenvalue weighted by atomic mass is 16.5. The van der Waals surface area contributed by atoms with Crippen LogP contribution in [0.1, 0.15) is 31.4 Å². The molecule has 3 atom stereocenters. The number of carbonyl (C=O) groups excluding carboxylic acids is 3. The molecule has 5 nitrogen and oxygen atoms in total. The maximum Gasteiger partial charge on any atom is 0.323 e. The zero-order chi connectivity index (χ0) is 19.3. The third kappa shape index (κ3) is 1.91. The first-order chi connectivity index (χ1) is 12.9. The lowest BCUT2D eigenvalue weighted by molar-refractivity contribution is -0.184. The van der Waals surface area contributed by atoms with Crippen molar-refractivity contribution >= 4 is 17.7 Å². The lowest BCUT2D eigenvalue weighted by Gasteiger charge is -2.64. The van der Waals surface area contributed by atoms with E-state index in [2.05, 4.69) is 5.32 Å². The number of hydrogen-bond donors (Lipinski definition) is 1. The standard InChI is InChI=1S/C22H21NO4/c1-3-27-19(26)21-14-20(2,15-10-6-4-7-11-15)22(21,23-18(25)17(21)24)16-12-8-5-9-13-16/h4-13H,3,14H2,1-2H3,(H,23,25). The number of benzene rings is 2. The summed E-state index contributed by atoms with van der Waals surface area (Å²) in [6.45, 7) is 3.84. The fraction of sp³-hybridized carbons (Fsp3) is 0.318. The summed E-state index contributed by atoms with van der Waals surface area (Å²) in [7, 11) is 0. The second-order valence-electron chi connectivity index (χ2n) is 7.40. The summed E-state index contributed by atoms with van der Waals surface area (Å²) in [5.74, 6) is -2.07. The number of rotatable bonds is 4. The molecule has 1 amide bonds. The third-order valence-electron chi connectivity index (χ3n) is 6.22. The molecule has 0 radical (unpaired) electrons. The highest BCUT2D eigenvalue weighted by molar-refractivity contribution is 6.46. The van der Waals surface area contributed by atoms with Crippen molar-refractivity contribution < 1.29 is 19.1 Å². The molecule has 1 saturated carbocycles. The van der Waals surface area contributed by atoms with Gasteiger partial charge in [0.15, 0.2) is 5.41 Å². The van der Waals surface area contributed by atoms with Crippen molar-refractivity contribution in [3.8, 4) is 0 Å². The Kier molecular flexibility index (Phi) is 3.74. The lowest BCUT2D eigenvalue weighted by atomic mass is 9.38. The zero-order valence-electron chi connectivity index (χ0n) is 15.3. The highest BCUT2D eigenvalue weighted by Crippen LogP contribution is 2.70. The summed E-state index contributed by atoms with van der Waals surface area (Å²) < 4.78 is 5.29. The van der Waals surface area contributed by atoms with E-state index in [0.717, 1.165) is 11.1 Å². The van der Waals surface area contributed by atoms with E-state index in [-0.39, 0.29) is 13.0 Å². The van der Waals surface area contributed by atoms with Crippen molar-refractivity contribution in [1.82, 2.24) is 5.32 Å². The van der Waals surface area contributed by atoms with Crippen LogP contribution in [0, 0.1) is 5.41 Å². The average molecular weight is 363 g/mol. The molecule has 5 heteroatoms. The molecular weight excluding hydrogens is 342 g/mol.